The van der Waals surface area contributed by atoms with Gasteiger partial charge in [0.15, 0.2) is 6.61 Å². The molecule has 1 atom stereocenters. The first-order chi connectivity index (χ1) is 13.4. The Hall–Kier alpha value is -3.35. The number of nitrogens with two attached hydrogens (primary N) is 1. The topological polar surface area (TPSA) is 117 Å². The average molecular weight is 381 g/mol. The van der Waals surface area contributed by atoms with Crippen molar-refractivity contribution in [3.63, 3.8) is 0 Å². The van der Waals surface area contributed by atoms with Crippen LogP contribution in [-0.2, 0) is 9.59 Å². The van der Waals surface area contributed by atoms with Gasteiger partial charge in [-0.15, -0.1) is 0 Å². The molecule has 1 saturated heterocycles. The molecule has 7 heteroatoms. The summed E-state index contributed by atoms with van der Waals surface area (Å²) in [6.45, 7) is 0.701. The highest BCUT2D eigenvalue weighted by molar-refractivity contribution is 5.95. The fourth-order valence-electron chi connectivity index (χ4n) is 3.23. The van der Waals surface area contributed by atoms with E-state index in [0.29, 0.717) is 30.7 Å². The summed E-state index contributed by atoms with van der Waals surface area (Å²) in [6.07, 6.45) is 1.30. The van der Waals surface area contributed by atoms with Crippen LogP contribution in [0.5, 0.6) is 5.75 Å². The largest absolute Gasteiger partial charge is 0.484 e. The number of ether oxygens (including phenoxy) is 1. The van der Waals surface area contributed by atoms with Gasteiger partial charge in [0, 0.05) is 18.7 Å². The van der Waals surface area contributed by atoms with E-state index in [1.54, 1.807) is 29.2 Å². The van der Waals surface area contributed by atoms with Crippen molar-refractivity contribution >= 4 is 17.7 Å². The molecule has 7 nitrogen and oxygen atoms in total. The molecule has 1 fully saturated rings. The minimum absolute atomic E-state index is 0.0309. The summed E-state index contributed by atoms with van der Waals surface area (Å²) >= 11 is 0. The number of carboxylic acid groups (broad SMARTS) is 1. The Bertz CT molecular complexity index is 862. The van der Waals surface area contributed by atoms with Crippen LogP contribution in [0.3, 0.4) is 0 Å². The van der Waals surface area contributed by atoms with Gasteiger partial charge in [0.2, 0.25) is 0 Å². The number of rotatable bonds is 6. The first-order valence-corrected chi connectivity index (χ1v) is 9.12. The summed E-state index contributed by atoms with van der Waals surface area (Å²) in [5.74, 6) is -0.945. The predicted octanol–water partition coefficient (Wildman–Crippen LogP) is 2.34. The van der Waals surface area contributed by atoms with Crippen LogP contribution < -0.4 is 10.5 Å². The molecule has 1 heterocycles. The summed E-state index contributed by atoms with van der Waals surface area (Å²) < 4.78 is 5.57. The van der Waals surface area contributed by atoms with Crippen molar-refractivity contribution in [3.8, 4) is 16.9 Å². The highest BCUT2D eigenvalue weighted by atomic mass is 16.5. The number of carbonyl (C=O) groups excluding carboxylic acids is 1. The molecule has 146 valence electrons. The Kier molecular flexibility index (Phi) is 5.93. The van der Waals surface area contributed by atoms with Gasteiger partial charge in [0.25, 0.3) is 5.91 Å². The Balaban J connectivity index is 1.56. The van der Waals surface area contributed by atoms with Crippen LogP contribution in [0.25, 0.3) is 11.1 Å². The van der Waals surface area contributed by atoms with Crippen LogP contribution in [-0.4, -0.2) is 47.4 Å². The molecule has 1 amide bonds. The van der Waals surface area contributed by atoms with E-state index in [-0.39, 0.29) is 24.9 Å². The number of carboxylic acids is 1. The number of nitrogens with zero attached hydrogens (tertiary/aromatic N) is 1. The maximum atomic E-state index is 12.3. The molecule has 0 bridgehead atoms. The molecule has 2 aromatic carbocycles. The third kappa shape index (κ3) is 4.68. The smallest absolute Gasteiger partial charge is 0.308 e. The molecule has 0 aromatic heterocycles. The molecule has 0 radical (unpaired) electrons. The quantitative estimate of drug-likeness (QED) is 0.524. The van der Waals surface area contributed by atoms with Crippen molar-refractivity contribution < 1.29 is 19.4 Å². The number of carbonyl (C=O) groups is 2. The second-order valence-electron chi connectivity index (χ2n) is 6.82. The Labute approximate surface area is 163 Å². The van der Waals surface area contributed by atoms with Crippen LogP contribution >= 0.6 is 0 Å². The zero-order valence-electron chi connectivity index (χ0n) is 15.4. The molecule has 4 N–H and O–H groups in total. The second-order valence-corrected chi connectivity index (χ2v) is 6.82. The van der Waals surface area contributed by atoms with Crippen molar-refractivity contribution in [2.24, 2.45) is 11.7 Å². The maximum Gasteiger partial charge on any atom is 0.308 e. The van der Waals surface area contributed by atoms with Crippen LogP contribution in [0, 0.1) is 11.3 Å². The number of likely N-dealkylation sites (tertiary alicyclic amines) is 1. The predicted molar refractivity (Wildman–Crippen MR) is 105 cm³/mol. The van der Waals surface area contributed by atoms with E-state index in [2.05, 4.69) is 0 Å². The van der Waals surface area contributed by atoms with Gasteiger partial charge >= 0.3 is 5.97 Å². The van der Waals surface area contributed by atoms with Gasteiger partial charge in [-0.25, -0.2) is 0 Å². The minimum atomic E-state index is -0.856. The Morgan fingerprint density at radius 2 is 1.71 bits per heavy atom. The van der Waals surface area contributed by atoms with Crippen molar-refractivity contribution in [1.82, 2.24) is 4.90 Å². The normalized spacial score (nSPS) is 16.4. The molecule has 1 aliphatic heterocycles. The molecule has 1 aliphatic rings. The highest BCUT2D eigenvalue weighted by Gasteiger charge is 2.28. The van der Waals surface area contributed by atoms with E-state index in [1.165, 1.54) is 0 Å². The van der Waals surface area contributed by atoms with E-state index < -0.39 is 11.9 Å². The monoisotopic (exact) mass is 381 g/mol. The molecule has 0 spiro atoms. The van der Waals surface area contributed by atoms with Gasteiger partial charge in [0.05, 0.1) is 5.92 Å². The lowest BCUT2D eigenvalue weighted by atomic mass is 9.98. The number of hydrogen-bond donors (Lipinski definition) is 3. The molecular weight excluding hydrogens is 358 g/mol. The summed E-state index contributed by atoms with van der Waals surface area (Å²) in [7, 11) is 0. The number of aliphatic carboxylic acids is 1. The second kappa shape index (κ2) is 8.56. The van der Waals surface area contributed by atoms with E-state index in [0.717, 1.165) is 11.1 Å². The number of nitrogens with one attached hydrogen (secondary N) is 1. The molecule has 0 aliphatic carbocycles. The third-order valence-electron chi connectivity index (χ3n) is 4.87. The van der Waals surface area contributed by atoms with Crippen LogP contribution in [0.15, 0.2) is 48.5 Å². The van der Waals surface area contributed by atoms with Crippen molar-refractivity contribution in [2.75, 3.05) is 19.7 Å². The zero-order chi connectivity index (χ0) is 20.1. The van der Waals surface area contributed by atoms with Crippen molar-refractivity contribution in [2.45, 2.75) is 12.8 Å². The van der Waals surface area contributed by atoms with E-state index >= 15 is 0 Å². The van der Waals surface area contributed by atoms with Gasteiger partial charge in [-0.05, 0) is 36.1 Å². The molecule has 1 unspecified atom stereocenters. The number of amidine groups is 1. The molecule has 28 heavy (non-hydrogen) atoms. The summed E-state index contributed by atoms with van der Waals surface area (Å²) in [5, 5.41) is 16.5. The third-order valence-corrected chi connectivity index (χ3v) is 4.87. The van der Waals surface area contributed by atoms with Gasteiger partial charge in [-0.3, -0.25) is 15.0 Å². The van der Waals surface area contributed by atoms with Crippen molar-refractivity contribution in [1.29, 1.82) is 5.41 Å². The van der Waals surface area contributed by atoms with Crippen LogP contribution in [0.4, 0.5) is 0 Å². The fourth-order valence-corrected chi connectivity index (χ4v) is 3.23. The summed E-state index contributed by atoms with van der Waals surface area (Å²) in [5.41, 5.74) is 8.10. The summed E-state index contributed by atoms with van der Waals surface area (Å²) in [6, 6.07) is 14.7. The van der Waals surface area contributed by atoms with Crippen molar-refractivity contribution in [3.05, 3.63) is 54.1 Å². The molecule has 2 aromatic rings. The van der Waals surface area contributed by atoms with E-state index in [1.807, 2.05) is 24.3 Å². The summed E-state index contributed by atoms with van der Waals surface area (Å²) in [4.78, 5) is 25.0. The first-order valence-electron chi connectivity index (χ1n) is 9.12. The minimum Gasteiger partial charge on any atom is -0.484 e. The highest BCUT2D eigenvalue weighted by Crippen LogP contribution is 2.23. The number of nitrogen functional groups attached to an aromatic ring is 1. The molecule has 0 saturated carbocycles. The maximum absolute atomic E-state index is 12.3. The molecule has 3 rings (SSSR count). The fraction of sp³-hybridized carbons (Fsp3) is 0.286. The van der Waals surface area contributed by atoms with Gasteiger partial charge in [-0.2, -0.15) is 0 Å². The first kappa shape index (κ1) is 19.4. The Morgan fingerprint density at radius 1 is 1.11 bits per heavy atom. The van der Waals surface area contributed by atoms with E-state index in [4.69, 9.17) is 21.0 Å². The SMILES string of the molecule is N=C(N)c1ccc(-c2ccc(OCC(=O)N3CCCC(C(=O)O)C3)cc2)cc1. The number of amides is 1. The van der Waals surface area contributed by atoms with Gasteiger partial charge < -0.3 is 20.5 Å². The van der Waals surface area contributed by atoms with Gasteiger partial charge in [0.1, 0.15) is 11.6 Å². The molecular formula is C21H23N3O4. The van der Waals surface area contributed by atoms with Crippen LogP contribution in [0.2, 0.25) is 0 Å². The van der Waals surface area contributed by atoms with E-state index in [9.17, 15) is 9.59 Å². The number of piperidine rings is 1. The lowest BCUT2D eigenvalue weighted by Crippen LogP contribution is -2.44. The number of hydrogen-bond acceptors (Lipinski definition) is 4. The van der Waals surface area contributed by atoms with Gasteiger partial charge in [-0.1, -0.05) is 36.4 Å². The average Bonchev–Trinajstić information content (AvgIpc) is 2.72. The number of benzene rings is 2. The standard InChI is InChI=1S/C21H23N3O4/c22-20(23)16-5-3-14(4-6-16)15-7-9-18(10-8-15)28-13-19(25)24-11-1-2-17(12-24)21(26)27/h3-10,17H,1-2,11-13H2,(H3,22,23)(H,26,27). The zero-order valence-corrected chi connectivity index (χ0v) is 15.4. The van der Waals surface area contributed by atoms with Crippen LogP contribution in [0.1, 0.15) is 18.4 Å². The lowest BCUT2D eigenvalue weighted by molar-refractivity contribution is -0.146. The lowest BCUT2D eigenvalue weighted by Gasteiger charge is -2.30. The Morgan fingerprint density at radius 3 is 2.29 bits per heavy atom.